The Morgan fingerprint density at radius 1 is 1.31 bits per heavy atom. The van der Waals surface area contributed by atoms with Crippen LogP contribution in [0.1, 0.15) is 20.8 Å². The molecule has 0 amide bonds. The lowest BCUT2D eigenvalue weighted by Gasteiger charge is -2.21. The molecule has 0 heterocycles. The van der Waals surface area contributed by atoms with Crippen molar-refractivity contribution < 1.29 is 14.1 Å². The molecule has 3 nitrogen and oxygen atoms in total. The van der Waals surface area contributed by atoms with Crippen molar-refractivity contribution >= 4 is 18.4 Å². The summed E-state index contributed by atoms with van der Waals surface area (Å²) in [6.45, 7) is 5.10. The summed E-state index contributed by atoms with van der Waals surface area (Å²) in [4.78, 5) is 10.8. The number of hydrogen-bond donors (Lipinski definition) is 0. The fourth-order valence-corrected chi connectivity index (χ4v) is 3.48. The molecule has 4 heteroatoms. The van der Waals surface area contributed by atoms with Crippen molar-refractivity contribution in [3.8, 4) is 0 Å². The van der Waals surface area contributed by atoms with Gasteiger partial charge < -0.3 is 9.30 Å². The molecule has 0 saturated heterocycles. The highest BCUT2D eigenvalue weighted by Gasteiger charge is 2.29. The minimum atomic E-state index is -2.64. The van der Waals surface area contributed by atoms with E-state index in [9.17, 15) is 9.36 Å². The standard InChI is InChI=1S/C12H17O3P/c1-10(2)16(14,9-15-11(3)13)12-7-5-4-6-8-12/h4-8,10H,9H2,1-3H3. The molecule has 1 rings (SSSR count). The second kappa shape index (κ2) is 5.31. The highest BCUT2D eigenvalue weighted by molar-refractivity contribution is 7.72. The van der Waals surface area contributed by atoms with E-state index in [1.54, 1.807) is 0 Å². The Morgan fingerprint density at radius 2 is 1.88 bits per heavy atom. The minimum absolute atomic E-state index is 0.00991. The summed E-state index contributed by atoms with van der Waals surface area (Å²) < 4.78 is 17.7. The maximum atomic E-state index is 12.7. The summed E-state index contributed by atoms with van der Waals surface area (Å²) in [6, 6.07) is 9.21. The molecule has 0 aromatic heterocycles. The molecule has 88 valence electrons. The van der Waals surface area contributed by atoms with Crippen LogP contribution in [-0.4, -0.2) is 18.0 Å². The van der Waals surface area contributed by atoms with E-state index < -0.39 is 13.1 Å². The quantitative estimate of drug-likeness (QED) is 0.600. The number of rotatable bonds is 4. The number of benzene rings is 1. The fraction of sp³-hybridized carbons (Fsp3) is 0.417. The molecular formula is C12H17O3P. The van der Waals surface area contributed by atoms with Crippen molar-refractivity contribution in [1.29, 1.82) is 0 Å². The van der Waals surface area contributed by atoms with Gasteiger partial charge in [0.25, 0.3) is 0 Å². The van der Waals surface area contributed by atoms with E-state index in [-0.39, 0.29) is 12.0 Å². The Bertz CT molecular complexity index is 398. The monoisotopic (exact) mass is 240 g/mol. The van der Waals surface area contributed by atoms with Crippen molar-refractivity contribution in [3.63, 3.8) is 0 Å². The smallest absolute Gasteiger partial charge is 0.303 e. The van der Waals surface area contributed by atoms with Crippen LogP contribution in [0.15, 0.2) is 30.3 Å². The molecule has 0 bridgehead atoms. The third-order valence-electron chi connectivity index (χ3n) is 2.49. The fourth-order valence-electron chi connectivity index (χ4n) is 1.39. The largest absolute Gasteiger partial charge is 0.458 e. The average molecular weight is 240 g/mol. The number of esters is 1. The summed E-state index contributed by atoms with van der Waals surface area (Å²) >= 11 is 0. The summed E-state index contributed by atoms with van der Waals surface area (Å²) in [5.74, 6) is -0.392. The number of carbonyl (C=O) groups is 1. The molecule has 1 unspecified atom stereocenters. The maximum Gasteiger partial charge on any atom is 0.303 e. The van der Waals surface area contributed by atoms with E-state index in [2.05, 4.69) is 0 Å². The van der Waals surface area contributed by atoms with E-state index >= 15 is 0 Å². The number of ether oxygens (including phenoxy) is 1. The zero-order valence-corrected chi connectivity index (χ0v) is 10.7. The van der Waals surface area contributed by atoms with E-state index in [1.807, 2.05) is 44.2 Å². The van der Waals surface area contributed by atoms with Crippen molar-refractivity contribution in [2.45, 2.75) is 26.4 Å². The SMILES string of the molecule is CC(=O)OCP(=O)(c1ccccc1)C(C)C. The van der Waals surface area contributed by atoms with Crippen LogP contribution in [0.5, 0.6) is 0 Å². The maximum absolute atomic E-state index is 12.7. The molecule has 0 spiro atoms. The van der Waals surface area contributed by atoms with Crippen molar-refractivity contribution in [3.05, 3.63) is 30.3 Å². The topological polar surface area (TPSA) is 43.4 Å². The van der Waals surface area contributed by atoms with Gasteiger partial charge in [0, 0.05) is 17.9 Å². The zero-order chi connectivity index (χ0) is 12.2. The van der Waals surface area contributed by atoms with Gasteiger partial charge in [0.05, 0.1) is 0 Å². The second-order valence-electron chi connectivity index (χ2n) is 3.99. The van der Waals surface area contributed by atoms with E-state index in [4.69, 9.17) is 4.74 Å². The lowest BCUT2D eigenvalue weighted by Crippen LogP contribution is -2.17. The predicted molar refractivity (Wildman–Crippen MR) is 65.5 cm³/mol. The van der Waals surface area contributed by atoms with Gasteiger partial charge in [0.15, 0.2) is 7.14 Å². The Kier molecular flexibility index (Phi) is 4.31. The van der Waals surface area contributed by atoms with Crippen LogP contribution < -0.4 is 5.30 Å². The average Bonchev–Trinajstić information content (AvgIpc) is 2.26. The lowest BCUT2D eigenvalue weighted by molar-refractivity contribution is -0.138. The first kappa shape index (κ1) is 13.0. The first-order chi connectivity index (χ1) is 7.47. The first-order valence-corrected chi connectivity index (χ1v) is 7.20. The zero-order valence-electron chi connectivity index (χ0n) is 9.84. The van der Waals surface area contributed by atoms with Crippen LogP contribution in [0.3, 0.4) is 0 Å². The predicted octanol–water partition coefficient (Wildman–Crippen LogP) is 2.60. The lowest BCUT2D eigenvalue weighted by atomic mass is 10.4. The van der Waals surface area contributed by atoms with Gasteiger partial charge in [-0.1, -0.05) is 44.2 Å². The molecule has 0 radical (unpaired) electrons. The second-order valence-corrected chi connectivity index (χ2v) is 7.39. The number of hydrogen-bond acceptors (Lipinski definition) is 3. The van der Waals surface area contributed by atoms with E-state index in [1.165, 1.54) is 6.92 Å². The van der Waals surface area contributed by atoms with Crippen LogP contribution >= 0.6 is 7.14 Å². The number of carbonyl (C=O) groups excluding carboxylic acids is 1. The van der Waals surface area contributed by atoms with Crippen LogP contribution in [0.4, 0.5) is 0 Å². The summed E-state index contributed by atoms with van der Waals surface area (Å²) in [7, 11) is -2.64. The Labute approximate surface area is 96.2 Å². The van der Waals surface area contributed by atoms with Crippen molar-refractivity contribution in [2.75, 3.05) is 6.35 Å². The molecule has 16 heavy (non-hydrogen) atoms. The van der Waals surface area contributed by atoms with Gasteiger partial charge in [-0.05, 0) is 0 Å². The Balaban J connectivity index is 2.98. The van der Waals surface area contributed by atoms with Gasteiger partial charge in [-0.3, -0.25) is 4.79 Å². The molecule has 0 aliphatic heterocycles. The third-order valence-corrected chi connectivity index (χ3v) is 5.84. The first-order valence-electron chi connectivity index (χ1n) is 5.24. The van der Waals surface area contributed by atoms with Gasteiger partial charge in [-0.2, -0.15) is 0 Å². The van der Waals surface area contributed by atoms with Gasteiger partial charge in [0.2, 0.25) is 0 Å². The molecular weight excluding hydrogens is 223 g/mol. The van der Waals surface area contributed by atoms with Crippen LogP contribution in [0, 0.1) is 0 Å². The van der Waals surface area contributed by atoms with Gasteiger partial charge in [0.1, 0.15) is 6.35 Å². The molecule has 0 aliphatic carbocycles. The molecule has 1 atom stereocenters. The van der Waals surface area contributed by atoms with Gasteiger partial charge in [-0.25, -0.2) is 0 Å². The van der Waals surface area contributed by atoms with Gasteiger partial charge >= 0.3 is 5.97 Å². The molecule has 0 fully saturated rings. The summed E-state index contributed by atoms with van der Waals surface area (Å²) in [5.41, 5.74) is -0.0331. The van der Waals surface area contributed by atoms with Crippen molar-refractivity contribution in [1.82, 2.24) is 0 Å². The van der Waals surface area contributed by atoms with Gasteiger partial charge in [-0.15, -0.1) is 0 Å². The Morgan fingerprint density at radius 3 is 2.31 bits per heavy atom. The van der Waals surface area contributed by atoms with Crippen LogP contribution in [0.25, 0.3) is 0 Å². The van der Waals surface area contributed by atoms with Crippen LogP contribution in [-0.2, 0) is 14.1 Å². The molecule has 1 aromatic carbocycles. The summed E-state index contributed by atoms with van der Waals surface area (Å²) in [6.07, 6.45) is -0.00991. The molecule has 0 N–H and O–H groups in total. The molecule has 0 saturated carbocycles. The molecule has 0 aliphatic rings. The van der Waals surface area contributed by atoms with E-state index in [0.29, 0.717) is 0 Å². The summed E-state index contributed by atoms with van der Waals surface area (Å²) in [5, 5.41) is 0.770. The molecule has 1 aromatic rings. The minimum Gasteiger partial charge on any atom is -0.458 e. The van der Waals surface area contributed by atoms with Crippen molar-refractivity contribution in [2.24, 2.45) is 0 Å². The highest BCUT2D eigenvalue weighted by Crippen LogP contribution is 2.49. The Hall–Kier alpha value is -1.08. The van der Waals surface area contributed by atoms with E-state index in [0.717, 1.165) is 5.30 Å². The third kappa shape index (κ3) is 2.96. The highest BCUT2D eigenvalue weighted by atomic mass is 31.2. The van der Waals surface area contributed by atoms with Crippen LogP contribution in [0.2, 0.25) is 0 Å². The normalized spacial score (nSPS) is 14.5.